The van der Waals surface area contributed by atoms with E-state index < -0.39 is 0 Å². The fraction of sp³-hybridized carbons (Fsp3) is 0.562. The number of imidazole rings is 1. The summed E-state index contributed by atoms with van der Waals surface area (Å²) in [5.74, 6) is 2.70. The van der Waals surface area contributed by atoms with E-state index in [1.165, 1.54) is 17.8 Å². The lowest BCUT2D eigenvalue weighted by molar-refractivity contribution is 0.415. The summed E-state index contributed by atoms with van der Waals surface area (Å²) >= 11 is 0. The first-order valence-electron chi connectivity index (χ1n) is 7.52. The number of hydrogen-bond donors (Lipinski definition) is 1. The van der Waals surface area contributed by atoms with E-state index >= 15 is 0 Å². The standard InChI is InChI=1S/C16H23N3O/c1-4-9-19-14-6-5-12(20-3)10-13(14)18-16(19)15-11(2)7-8-17-15/h5-6,10-11,15,17H,4,7-9H2,1-3H3. The van der Waals surface area contributed by atoms with E-state index in [-0.39, 0.29) is 0 Å². The van der Waals surface area contributed by atoms with Gasteiger partial charge in [0.2, 0.25) is 0 Å². The molecule has 2 aromatic rings. The van der Waals surface area contributed by atoms with Crippen LogP contribution in [0.3, 0.4) is 0 Å². The van der Waals surface area contributed by atoms with Crippen LogP contribution in [0.5, 0.6) is 5.75 Å². The second-order valence-electron chi connectivity index (χ2n) is 5.67. The zero-order chi connectivity index (χ0) is 14.1. The molecule has 1 aromatic heterocycles. The van der Waals surface area contributed by atoms with Crippen LogP contribution in [-0.2, 0) is 6.54 Å². The lowest BCUT2D eigenvalue weighted by atomic mass is 10.0. The molecule has 0 aliphatic carbocycles. The number of methoxy groups -OCH3 is 1. The highest BCUT2D eigenvalue weighted by atomic mass is 16.5. The molecule has 2 unspecified atom stereocenters. The Balaban J connectivity index is 2.11. The highest BCUT2D eigenvalue weighted by Gasteiger charge is 2.29. The van der Waals surface area contributed by atoms with Gasteiger partial charge in [0.15, 0.2) is 0 Å². The summed E-state index contributed by atoms with van der Waals surface area (Å²) in [6.07, 6.45) is 2.34. The molecular formula is C16H23N3O. The quantitative estimate of drug-likeness (QED) is 0.930. The number of ether oxygens (including phenoxy) is 1. The zero-order valence-electron chi connectivity index (χ0n) is 12.5. The molecule has 1 fully saturated rings. The third kappa shape index (κ3) is 2.18. The Morgan fingerprint density at radius 3 is 2.95 bits per heavy atom. The van der Waals surface area contributed by atoms with Gasteiger partial charge in [-0.2, -0.15) is 0 Å². The van der Waals surface area contributed by atoms with E-state index in [2.05, 4.69) is 29.8 Å². The van der Waals surface area contributed by atoms with E-state index in [4.69, 9.17) is 9.72 Å². The second-order valence-corrected chi connectivity index (χ2v) is 5.67. The number of nitrogens with zero attached hydrogens (tertiary/aromatic N) is 2. The van der Waals surface area contributed by atoms with Crippen molar-refractivity contribution >= 4 is 11.0 Å². The molecule has 108 valence electrons. The van der Waals surface area contributed by atoms with Crippen LogP contribution in [0.4, 0.5) is 0 Å². The Hall–Kier alpha value is -1.55. The highest BCUT2D eigenvalue weighted by Crippen LogP contribution is 2.32. The van der Waals surface area contributed by atoms with Gasteiger partial charge < -0.3 is 14.6 Å². The Morgan fingerprint density at radius 2 is 2.30 bits per heavy atom. The number of fused-ring (bicyclic) bond motifs is 1. The Labute approximate surface area is 120 Å². The van der Waals surface area contributed by atoms with E-state index in [1.807, 2.05) is 12.1 Å². The van der Waals surface area contributed by atoms with Crippen LogP contribution in [-0.4, -0.2) is 23.2 Å². The third-order valence-corrected chi connectivity index (χ3v) is 4.24. The molecule has 1 saturated heterocycles. The minimum Gasteiger partial charge on any atom is -0.497 e. The van der Waals surface area contributed by atoms with Crippen LogP contribution >= 0.6 is 0 Å². The van der Waals surface area contributed by atoms with Gasteiger partial charge in [0.1, 0.15) is 11.6 Å². The predicted molar refractivity (Wildman–Crippen MR) is 81.1 cm³/mol. The molecule has 2 heterocycles. The number of aromatic nitrogens is 2. The maximum atomic E-state index is 5.31. The van der Waals surface area contributed by atoms with Gasteiger partial charge in [-0.25, -0.2) is 4.98 Å². The van der Waals surface area contributed by atoms with Crippen molar-refractivity contribution in [3.05, 3.63) is 24.0 Å². The van der Waals surface area contributed by atoms with E-state index in [1.54, 1.807) is 7.11 Å². The SMILES string of the molecule is CCCn1c(C2NCCC2C)nc2cc(OC)ccc21. The van der Waals surface area contributed by atoms with Crippen molar-refractivity contribution in [3.8, 4) is 5.75 Å². The maximum Gasteiger partial charge on any atom is 0.127 e. The molecule has 0 saturated carbocycles. The first-order valence-corrected chi connectivity index (χ1v) is 7.52. The molecule has 4 nitrogen and oxygen atoms in total. The van der Waals surface area contributed by atoms with Crippen LogP contribution in [0, 0.1) is 5.92 Å². The monoisotopic (exact) mass is 273 g/mol. The molecule has 0 bridgehead atoms. The molecule has 1 aliphatic rings. The Bertz CT molecular complexity index is 605. The molecule has 4 heteroatoms. The van der Waals surface area contributed by atoms with Gasteiger partial charge >= 0.3 is 0 Å². The van der Waals surface area contributed by atoms with Gasteiger partial charge in [0.25, 0.3) is 0 Å². The van der Waals surface area contributed by atoms with E-state index in [9.17, 15) is 0 Å². The van der Waals surface area contributed by atoms with Gasteiger partial charge in [0.05, 0.1) is 24.2 Å². The van der Waals surface area contributed by atoms with Gasteiger partial charge in [-0.1, -0.05) is 13.8 Å². The van der Waals surface area contributed by atoms with Crippen molar-refractivity contribution in [2.24, 2.45) is 5.92 Å². The minimum atomic E-state index is 0.375. The summed E-state index contributed by atoms with van der Waals surface area (Å²) in [6.45, 7) is 6.62. The van der Waals surface area contributed by atoms with Crippen LogP contribution in [0.1, 0.15) is 38.6 Å². The van der Waals surface area contributed by atoms with Crippen LogP contribution in [0.25, 0.3) is 11.0 Å². The molecule has 1 aliphatic heterocycles. The lowest BCUT2D eigenvalue weighted by Gasteiger charge is -2.17. The number of aryl methyl sites for hydroxylation is 1. The molecule has 0 radical (unpaired) electrons. The van der Waals surface area contributed by atoms with Crippen molar-refractivity contribution in [1.82, 2.24) is 14.9 Å². The van der Waals surface area contributed by atoms with Crippen LogP contribution < -0.4 is 10.1 Å². The fourth-order valence-electron chi connectivity index (χ4n) is 3.13. The molecule has 20 heavy (non-hydrogen) atoms. The first-order chi connectivity index (χ1) is 9.74. The average Bonchev–Trinajstić information content (AvgIpc) is 3.02. The van der Waals surface area contributed by atoms with Crippen LogP contribution in [0.2, 0.25) is 0 Å². The Kier molecular flexibility index (Phi) is 3.66. The summed E-state index contributed by atoms with van der Waals surface area (Å²) in [7, 11) is 1.70. The van der Waals surface area contributed by atoms with Gasteiger partial charge in [-0.3, -0.25) is 0 Å². The normalized spacial score (nSPS) is 22.6. The lowest BCUT2D eigenvalue weighted by Crippen LogP contribution is -2.21. The molecule has 2 atom stereocenters. The number of nitrogens with one attached hydrogen (secondary N) is 1. The van der Waals surface area contributed by atoms with Gasteiger partial charge in [0, 0.05) is 12.6 Å². The van der Waals surface area contributed by atoms with Crippen molar-refractivity contribution < 1.29 is 4.74 Å². The summed E-state index contributed by atoms with van der Waals surface area (Å²) in [4.78, 5) is 4.89. The van der Waals surface area contributed by atoms with Crippen molar-refractivity contribution in [2.45, 2.75) is 39.3 Å². The maximum absolute atomic E-state index is 5.31. The second kappa shape index (κ2) is 5.44. The number of benzene rings is 1. The van der Waals surface area contributed by atoms with Crippen molar-refractivity contribution in [3.63, 3.8) is 0 Å². The third-order valence-electron chi connectivity index (χ3n) is 4.24. The molecule has 3 rings (SSSR count). The molecule has 0 spiro atoms. The summed E-state index contributed by atoms with van der Waals surface area (Å²) < 4.78 is 7.68. The number of rotatable bonds is 4. The zero-order valence-corrected chi connectivity index (χ0v) is 12.5. The van der Waals surface area contributed by atoms with Gasteiger partial charge in [-0.15, -0.1) is 0 Å². The largest absolute Gasteiger partial charge is 0.497 e. The van der Waals surface area contributed by atoms with Gasteiger partial charge in [-0.05, 0) is 37.4 Å². The molecule has 1 aromatic carbocycles. The summed E-state index contributed by atoms with van der Waals surface area (Å²) in [5, 5.41) is 3.60. The topological polar surface area (TPSA) is 39.1 Å². The molecule has 1 N–H and O–H groups in total. The Morgan fingerprint density at radius 1 is 1.45 bits per heavy atom. The molecular weight excluding hydrogens is 250 g/mol. The van der Waals surface area contributed by atoms with E-state index in [0.717, 1.165) is 30.8 Å². The first kappa shape index (κ1) is 13.4. The number of hydrogen-bond acceptors (Lipinski definition) is 3. The minimum absolute atomic E-state index is 0.375. The van der Waals surface area contributed by atoms with Crippen LogP contribution in [0.15, 0.2) is 18.2 Å². The van der Waals surface area contributed by atoms with Crippen molar-refractivity contribution in [1.29, 1.82) is 0 Å². The summed E-state index contributed by atoms with van der Waals surface area (Å²) in [6, 6.07) is 6.55. The average molecular weight is 273 g/mol. The van der Waals surface area contributed by atoms with Crippen molar-refractivity contribution in [2.75, 3.05) is 13.7 Å². The smallest absolute Gasteiger partial charge is 0.127 e. The predicted octanol–water partition coefficient (Wildman–Crippen LogP) is 3.13. The highest BCUT2D eigenvalue weighted by molar-refractivity contribution is 5.78. The summed E-state index contributed by atoms with van der Waals surface area (Å²) in [5.41, 5.74) is 2.25. The molecule has 0 amide bonds. The fourth-order valence-corrected chi connectivity index (χ4v) is 3.13. The van der Waals surface area contributed by atoms with E-state index in [0.29, 0.717) is 12.0 Å².